The number of rotatable bonds is 17. The van der Waals surface area contributed by atoms with Gasteiger partial charge in [0.15, 0.2) is 0 Å². The van der Waals surface area contributed by atoms with Gasteiger partial charge in [-0.3, -0.25) is 19.6 Å². The minimum Gasteiger partial charge on any atom is -0.393 e. The Balaban J connectivity index is 0.942. The summed E-state index contributed by atoms with van der Waals surface area (Å²) in [6.45, 7) is 6.63. The molecule has 6 aromatic rings. The molecule has 2 saturated heterocycles. The van der Waals surface area contributed by atoms with E-state index in [4.69, 9.17) is 11.6 Å². The second-order valence-corrected chi connectivity index (χ2v) is 21.2. The summed E-state index contributed by atoms with van der Waals surface area (Å²) < 4.78 is 32.0. The number of aromatic nitrogens is 1. The summed E-state index contributed by atoms with van der Waals surface area (Å²) in [6.07, 6.45) is 1.44. The molecule has 5 aromatic carbocycles. The number of nitro groups is 1. The lowest BCUT2D eigenvalue weighted by Gasteiger charge is -2.37. The number of hydrogen-bond donors (Lipinski definition) is 3. The average molecular weight is 992 g/mol. The summed E-state index contributed by atoms with van der Waals surface area (Å²) in [7, 11) is 1.78. The van der Waals surface area contributed by atoms with Crippen LogP contribution in [-0.4, -0.2) is 117 Å². The second kappa shape index (κ2) is 21.7. The van der Waals surface area contributed by atoms with Crippen molar-refractivity contribution in [2.75, 3.05) is 85.5 Å². The molecule has 2 fully saturated rings. The van der Waals surface area contributed by atoms with Crippen LogP contribution in [0.15, 0.2) is 131 Å². The SMILES string of the molecule is Cc1c(C(=O)N2CCC(O)CC2)c(-c2cccc(N3CCN(c4ccc(NS(=O)(=O)c5ccc(N[C@H](CCN(C)C)CSc6ccccc6)c([N+](=O)[O-])c5)cc4)CC3)c2)c(-c2ccc(Cl)cc2)n1C. The Morgan fingerprint density at radius 1 is 0.855 bits per heavy atom. The highest BCUT2D eigenvalue weighted by molar-refractivity contribution is 7.99. The van der Waals surface area contributed by atoms with Gasteiger partial charge in [-0.05, 0) is 131 Å². The molecule has 8 rings (SSSR count). The molecule has 2 aliphatic rings. The van der Waals surface area contributed by atoms with Crippen LogP contribution in [0.1, 0.15) is 35.3 Å². The van der Waals surface area contributed by atoms with Gasteiger partial charge in [-0.1, -0.05) is 54.1 Å². The molecule has 0 spiro atoms. The number of thioether (sulfide) groups is 1. The van der Waals surface area contributed by atoms with Gasteiger partial charge < -0.3 is 34.6 Å². The number of nitrogens with one attached hydrogen (secondary N) is 2. The van der Waals surface area contributed by atoms with Gasteiger partial charge in [-0.15, -0.1) is 11.8 Å². The number of piperidine rings is 1. The van der Waals surface area contributed by atoms with Crippen LogP contribution >= 0.6 is 23.4 Å². The minimum absolute atomic E-state index is 0.0387. The number of aliphatic hydroxyl groups excluding tert-OH is 1. The Morgan fingerprint density at radius 2 is 1.52 bits per heavy atom. The molecule has 3 heterocycles. The highest BCUT2D eigenvalue weighted by atomic mass is 35.5. The summed E-state index contributed by atoms with van der Waals surface area (Å²) in [6, 6.07) is 37.0. The van der Waals surface area contributed by atoms with Crippen molar-refractivity contribution in [1.82, 2.24) is 14.4 Å². The zero-order chi connectivity index (χ0) is 48.8. The van der Waals surface area contributed by atoms with Crippen LogP contribution in [0.5, 0.6) is 0 Å². The Bertz CT molecular complexity index is 2870. The van der Waals surface area contributed by atoms with Gasteiger partial charge in [-0.25, -0.2) is 8.42 Å². The molecule has 1 aromatic heterocycles. The third-order valence-corrected chi connectivity index (χ3v) is 15.8. The van der Waals surface area contributed by atoms with E-state index in [1.54, 1.807) is 23.9 Å². The van der Waals surface area contributed by atoms with Crippen molar-refractivity contribution in [2.45, 2.75) is 48.1 Å². The smallest absolute Gasteiger partial charge is 0.293 e. The first kappa shape index (κ1) is 49.4. The molecular weight excluding hydrogens is 932 g/mol. The van der Waals surface area contributed by atoms with Crippen molar-refractivity contribution in [1.29, 1.82) is 0 Å². The number of halogens is 1. The number of hydrogen-bond acceptors (Lipinski definition) is 11. The number of piperazine rings is 1. The van der Waals surface area contributed by atoms with Crippen LogP contribution < -0.4 is 19.8 Å². The van der Waals surface area contributed by atoms with Gasteiger partial charge in [0.25, 0.3) is 21.6 Å². The summed E-state index contributed by atoms with van der Waals surface area (Å²) >= 11 is 7.98. The van der Waals surface area contributed by atoms with Gasteiger partial charge in [0.1, 0.15) is 5.69 Å². The lowest BCUT2D eigenvalue weighted by molar-refractivity contribution is -0.384. The van der Waals surface area contributed by atoms with E-state index in [2.05, 4.69) is 47.5 Å². The maximum absolute atomic E-state index is 14.4. The molecule has 1 atom stereocenters. The van der Waals surface area contributed by atoms with Crippen LogP contribution in [0.25, 0.3) is 22.4 Å². The Kier molecular flexibility index (Phi) is 15.5. The Labute approximate surface area is 414 Å². The van der Waals surface area contributed by atoms with Gasteiger partial charge in [0.2, 0.25) is 0 Å². The largest absolute Gasteiger partial charge is 0.393 e. The van der Waals surface area contributed by atoms with Gasteiger partial charge >= 0.3 is 0 Å². The number of sulfonamides is 1. The number of nitro benzene ring substituents is 1. The molecule has 14 nitrogen and oxygen atoms in total. The third-order valence-electron chi connectivity index (χ3n) is 13.0. The molecule has 1 amide bonds. The first-order chi connectivity index (χ1) is 33.1. The van der Waals surface area contributed by atoms with Crippen LogP contribution in [0.3, 0.4) is 0 Å². The lowest BCUT2D eigenvalue weighted by Crippen LogP contribution is -2.46. The van der Waals surface area contributed by atoms with Crippen LogP contribution in [0.2, 0.25) is 5.02 Å². The highest BCUT2D eigenvalue weighted by Crippen LogP contribution is 2.41. The first-order valence-electron chi connectivity index (χ1n) is 23.2. The van der Waals surface area contributed by atoms with E-state index in [1.807, 2.05) is 106 Å². The topological polar surface area (TPSA) is 157 Å². The highest BCUT2D eigenvalue weighted by Gasteiger charge is 2.31. The fourth-order valence-corrected chi connectivity index (χ4v) is 11.2. The second-order valence-electron chi connectivity index (χ2n) is 17.9. The normalized spacial score (nSPS) is 15.1. The maximum atomic E-state index is 14.4. The van der Waals surface area contributed by atoms with Gasteiger partial charge in [0.05, 0.1) is 27.2 Å². The first-order valence-corrected chi connectivity index (χ1v) is 26.0. The van der Waals surface area contributed by atoms with E-state index in [1.165, 1.54) is 12.1 Å². The lowest BCUT2D eigenvalue weighted by atomic mass is 9.95. The zero-order valence-corrected chi connectivity index (χ0v) is 41.7. The molecular formula is C52H59ClN8O6S2. The number of benzene rings is 5. The molecule has 17 heteroatoms. The fourth-order valence-electron chi connectivity index (χ4n) is 9.05. The molecule has 2 aliphatic heterocycles. The van der Waals surface area contributed by atoms with Crippen molar-refractivity contribution in [3.05, 3.63) is 148 Å². The van der Waals surface area contributed by atoms with E-state index in [0.717, 1.165) is 76.5 Å². The number of anilines is 4. The minimum atomic E-state index is -4.17. The molecule has 0 bridgehead atoms. The Hall–Kier alpha value is -6.04. The molecule has 3 N–H and O–H groups in total. The van der Waals surface area contributed by atoms with E-state index >= 15 is 0 Å². The van der Waals surface area contributed by atoms with Gasteiger partial charge in [-0.2, -0.15) is 0 Å². The number of carbonyl (C=O) groups is 1. The molecule has 0 radical (unpaired) electrons. The van der Waals surface area contributed by atoms with Crippen LogP contribution in [-0.2, 0) is 17.1 Å². The van der Waals surface area contributed by atoms with Crippen molar-refractivity contribution in [3.63, 3.8) is 0 Å². The van der Waals surface area contributed by atoms with Crippen molar-refractivity contribution in [2.24, 2.45) is 7.05 Å². The quantitative estimate of drug-likeness (QED) is 0.0455. The van der Waals surface area contributed by atoms with Crippen LogP contribution in [0, 0.1) is 17.0 Å². The summed E-state index contributed by atoms with van der Waals surface area (Å²) in [5, 5.41) is 26.5. The molecule has 362 valence electrons. The molecule has 69 heavy (non-hydrogen) atoms. The Morgan fingerprint density at radius 3 is 2.17 bits per heavy atom. The predicted octanol–water partition coefficient (Wildman–Crippen LogP) is 9.48. The van der Waals surface area contributed by atoms with Crippen LogP contribution in [0.4, 0.5) is 28.4 Å². The molecule has 0 saturated carbocycles. The standard InChI is InChI=1S/C52H59ClN8O6S2/c1-36-49(52(63)60-27-24-44(62)25-28-60)50(51(57(36)4)37-13-15-39(53)16-14-37)38-9-8-10-43(33-38)59-31-29-58(30-32-59)42-19-17-40(18-20-42)55-69(66,67)46-21-22-47(48(34-46)61(64)65)54-41(23-26-56(2)3)35-68-45-11-6-5-7-12-45/h5-22,33-34,41,44,54-55,62H,23-32,35H2,1-4H3/t41-/m1/s1. The zero-order valence-electron chi connectivity index (χ0n) is 39.3. The van der Waals surface area contributed by atoms with E-state index in [0.29, 0.717) is 61.0 Å². The average Bonchev–Trinajstić information content (AvgIpc) is 3.61. The van der Waals surface area contributed by atoms with Crippen molar-refractivity contribution >= 4 is 67.7 Å². The monoisotopic (exact) mass is 990 g/mol. The van der Waals surface area contributed by atoms with Crippen molar-refractivity contribution in [3.8, 4) is 22.4 Å². The summed E-state index contributed by atoms with van der Waals surface area (Å²) in [4.78, 5) is 35.5. The fraction of sp³-hybridized carbons (Fsp3) is 0.327. The van der Waals surface area contributed by atoms with E-state index in [-0.39, 0.29) is 28.2 Å². The third kappa shape index (κ3) is 11.7. The molecule has 0 aliphatic carbocycles. The van der Waals surface area contributed by atoms with E-state index in [9.17, 15) is 28.4 Å². The number of amides is 1. The van der Waals surface area contributed by atoms with Crippen molar-refractivity contribution < 1.29 is 23.2 Å². The summed E-state index contributed by atoms with van der Waals surface area (Å²) in [5.74, 6) is 0.624. The van der Waals surface area contributed by atoms with Gasteiger partial charge in [0, 0.05) is 102 Å². The molecule has 0 unspecified atom stereocenters. The number of nitrogens with zero attached hydrogens (tertiary/aromatic N) is 6. The number of likely N-dealkylation sites (tertiary alicyclic amines) is 1. The predicted molar refractivity (Wildman–Crippen MR) is 280 cm³/mol. The number of aliphatic hydroxyl groups is 1. The van der Waals surface area contributed by atoms with E-state index < -0.39 is 21.1 Å². The summed E-state index contributed by atoms with van der Waals surface area (Å²) in [5.41, 5.74) is 7.47. The number of carbonyl (C=O) groups excluding carboxylic acids is 1. The maximum Gasteiger partial charge on any atom is 0.293 e.